The van der Waals surface area contributed by atoms with E-state index < -0.39 is 38.5 Å². The van der Waals surface area contributed by atoms with Gasteiger partial charge in [0.15, 0.2) is 6.61 Å². The average Bonchev–Trinajstić information content (AvgIpc) is 3.45. The van der Waals surface area contributed by atoms with Gasteiger partial charge in [0.05, 0.1) is 26.1 Å². The number of hydrogen-bond acceptors (Lipinski definition) is 7. The lowest BCUT2D eigenvalue weighted by atomic mass is 10.2. The van der Waals surface area contributed by atoms with Gasteiger partial charge < -0.3 is 10.1 Å². The molecule has 0 bridgehead atoms. The minimum absolute atomic E-state index is 0.00527. The molecule has 2 heterocycles. The van der Waals surface area contributed by atoms with Crippen molar-refractivity contribution in [1.29, 1.82) is 0 Å². The highest BCUT2D eigenvalue weighted by Gasteiger charge is 2.28. The van der Waals surface area contributed by atoms with E-state index in [1.165, 1.54) is 51.1 Å². The van der Waals surface area contributed by atoms with Crippen LogP contribution in [0.25, 0.3) is 0 Å². The number of benzene rings is 2. The number of carbonyl (C=O) groups excluding carboxylic acids is 2. The molecule has 4 rings (SSSR count). The number of anilines is 1. The normalized spacial score (nSPS) is 17.4. The maximum absolute atomic E-state index is 12.8. The fourth-order valence-electron chi connectivity index (χ4n) is 4.26. The predicted octanol–water partition coefficient (Wildman–Crippen LogP) is 3.09. The summed E-state index contributed by atoms with van der Waals surface area (Å²) < 4.78 is 58.9. The van der Waals surface area contributed by atoms with E-state index in [9.17, 15) is 26.4 Å². The number of sulfonamides is 2. The van der Waals surface area contributed by atoms with Crippen molar-refractivity contribution in [2.24, 2.45) is 0 Å². The number of rotatable bonds is 8. The van der Waals surface area contributed by atoms with Gasteiger partial charge in [-0.1, -0.05) is 18.0 Å². The second kappa shape index (κ2) is 11.5. The number of piperidine rings is 1. The monoisotopic (exact) mass is 569 g/mol. The van der Waals surface area contributed by atoms with Crippen LogP contribution >= 0.6 is 11.6 Å². The van der Waals surface area contributed by atoms with Gasteiger partial charge in [-0.15, -0.1) is 0 Å². The van der Waals surface area contributed by atoms with Crippen LogP contribution in [0.1, 0.15) is 42.5 Å². The maximum atomic E-state index is 12.8. The van der Waals surface area contributed by atoms with E-state index in [1.807, 2.05) is 0 Å². The van der Waals surface area contributed by atoms with Crippen LogP contribution in [-0.2, 0) is 29.6 Å². The topological polar surface area (TPSA) is 130 Å². The van der Waals surface area contributed by atoms with Crippen molar-refractivity contribution in [3.8, 4) is 0 Å². The third-order valence-corrected chi connectivity index (χ3v) is 10.4. The summed E-state index contributed by atoms with van der Waals surface area (Å²) in [6, 6.07) is 9.38. The van der Waals surface area contributed by atoms with Gasteiger partial charge in [-0.3, -0.25) is 4.79 Å². The summed E-state index contributed by atoms with van der Waals surface area (Å²) in [4.78, 5) is 24.9. The molecular weight excluding hydrogens is 542 g/mol. The fraction of sp³-hybridized carbons (Fsp3) is 0.417. The summed E-state index contributed by atoms with van der Waals surface area (Å²) in [7, 11) is -7.33. The van der Waals surface area contributed by atoms with E-state index in [4.69, 9.17) is 16.3 Å². The summed E-state index contributed by atoms with van der Waals surface area (Å²) >= 11 is 6.13. The minimum atomic E-state index is -3.70. The minimum Gasteiger partial charge on any atom is -0.452 e. The maximum Gasteiger partial charge on any atom is 0.338 e. The van der Waals surface area contributed by atoms with E-state index in [-0.39, 0.29) is 26.1 Å². The molecular formula is C24H28ClN3O7S2. The van der Waals surface area contributed by atoms with Gasteiger partial charge >= 0.3 is 5.97 Å². The fourth-order valence-corrected chi connectivity index (χ4v) is 7.48. The average molecular weight is 570 g/mol. The van der Waals surface area contributed by atoms with Gasteiger partial charge in [0.1, 0.15) is 0 Å². The van der Waals surface area contributed by atoms with Crippen LogP contribution in [0.5, 0.6) is 0 Å². The molecule has 1 amide bonds. The van der Waals surface area contributed by atoms with Crippen LogP contribution in [-0.4, -0.2) is 70.1 Å². The predicted molar refractivity (Wildman–Crippen MR) is 137 cm³/mol. The summed E-state index contributed by atoms with van der Waals surface area (Å²) in [5, 5.41) is 2.60. The van der Waals surface area contributed by atoms with Gasteiger partial charge in [0.25, 0.3) is 5.91 Å². The lowest BCUT2D eigenvalue weighted by Gasteiger charge is -2.25. The van der Waals surface area contributed by atoms with E-state index in [1.54, 1.807) is 0 Å². The Balaban J connectivity index is 1.36. The summed E-state index contributed by atoms with van der Waals surface area (Å²) in [6.07, 6.45) is 4.21. The van der Waals surface area contributed by atoms with Gasteiger partial charge in [0.2, 0.25) is 20.0 Å². The second-order valence-corrected chi connectivity index (χ2v) is 13.1. The Kier molecular flexibility index (Phi) is 8.54. The first-order chi connectivity index (χ1) is 17.6. The Morgan fingerprint density at radius 2 is 1.30 bits per heavy atom. The third-order valence-electron chi connectivity index (χ3n) is 6.29. The van der Waals surface area contributed by atoms with Gasteiger partial charge in [-0.25, -0.2) is 21.6 Å². The van der Waals surface area contributed by atoms with Gasteiger partial charge in [-0.2, -0.15) is 8.61 Å². The molecule has 13 heteroatoms. The zero-order valence-electron chi connectivity index (χ0n) is 20.1. The highest BCUT2D eigenvalue weighted by molar-refractivity contribution is 7.89. The van der Waals surface area contributed by atoms with Crippen LogP contribution in [0.15, 0.2) is 52.3 Å². The Labute approximate surface area is 221 Å². The van der Waals surface area contributed by atoms with Crippen molar-refractivity contribution >= 4 is 49.2 Å². The van der Waals surface area contributed by atoms with Crippen molar-refractivity contribution in [3.05, 3.63) is 53.1 Å². The molecule has 2 aromatic rings. The molecule has 2 fully saturated rings. The van der Waals surface area contributed by atoms with Crippen molar-refractivity contribution in [1.82, 2.24) is 8.61 Å². The molecule has 0 aliphatic carbocycles. The quantitative estimate of drug-likeness (QED) is 0.483. The molecule has 0 saturated carbocycles. The molecule has 2 aliphatic rings. The molecule has 0 spiro atoms. The van der Waals surface area contributed by atoms with Crippen LogP contribution in [0, 0.1) is 0 Å². The molecule has 2 aliphatic heterocycles. The summed E-state index contributed by atoms with van der Waals surface area (Å²) in [5.41, 5.74) is 0.164. The lowest BCUT2D eigenvalue weighted by molar-refractivity contribution is -0.119. The van der Waals surface area contributed by atoms with Crippen LogP contribution in [0.4, 0.5) is 5.69 Å². The summed E-state index contributed by atoms with van der Waals surface area (Å²) in [5.74, 6) is -1.52. The highest BCUT2D eigenvalue weighted by atomic mass is 35.5. The van der Waals surface area contributed by atoms with E-state index in [2.05, 4.69) is 5.32 Å². The molecule has 0 atom stereocenters. The Morgan fingerprint density at radius 1 is 0.784 bits per heavy atom. The zero-order chi connectivity index (χ0) is 26.6. The smallest absolute Gasteiger partial charge is 0.338 e. The number of amides is 1. The van der Waals surface area contributed by atoms with Gasteiger partial charge in [0, 0.05) is 26.2 Å². The Hall–Kier alpha value is -2.51. The van der Waals surface area contributed by atoms with E-state index in [0.717, 1.165) is 32.1 Å². The standard InChI is InChI=1S/C24H28ClN3O7S2/c25-21-11-10-20(37(33,34)28-14-4-5-15-28)16-22(21)26-23(29)17-35-24(30)18-6-8-19(9-7-18)36(31,32)27-12-2-1-3-13-27/h6-11,16H,1-5,12-15,17H2,(H,26,29). The van der Waals surface area contributed by atoms with Crippen LogP contribution in [0.3, 0.4) is 0 Å². The molecule has 2 aromatic carbocycles. The number of esters is 1. The molecule has 200 valence electrons. The van der Waals surface area contributed by atoms with E-state index in [0.29, 0.717) is 26.2 Å². The molecule has 0 radical (unpaired) electrons. The van der Waals surface area contributed by atoms with Crippen LogP contribution in [0.2, 0.25) is 5.02 Å². The first kappa shape index (κ1) is 27.5. The van der Waals surface area contributed by atoms with E-state index >= 15 is 0 Å². The third kappa shape index (κ3) is 6.32. The van der Waals surface area contributed by atoms with Gasteiger partial charge in [-0.05, 0) is 68.1 Å². The van der Waals surface area contributed by atoms with Crippen molar-refractivity contribution in [2.45, 2.75) is 41.9 Å². The Bertz CT molecular complexity index is 1370. The molecule has 1 N–H and O–H groups in total. The SMILES string of the molecule is O=C(COC(=O)c1ccc(S(=O)(=O)N2CCCCC2)cc1)Nc1cc(S(=O)(=O)N2CCCC2)ccc1Cl. The molecule has 0 unspecified atom stereocenters. The first-order valence-electron chi connectivity index (χ1n) is 12.0. The second-order valence-electron chi connectivity index (χ2n) is 8.87. The number of hydrogen-bond donors (Lipinski definition) is 1. The molecule has 0 aromatic heterocycles. The van der Waals surface area contributed by atoms with Crippen molar-refractivity contribution in [3.63, 3.8) is 0 Å². The van der Waals surface area contributed by atoms with Crippen LogP contribution < -0.4 is 5.32 Å². The number of halogens is 1. The molecule has 37 heavy (non-hydrogen) atoms. The number of ether oxygens (including phenoxy) is 1. The molecule has 10 nitrogen and oxygen atoms in total. The Morgan fingerprint density at radius 3 is 1.89 bits per heavy atom. The zero-order valence-corrected chi connectivity index (χ0v) is 22.4. The number of nitrogens with one attached hydrogen (secondary N) is 1. The number of carbonyl (C=O) groups is 2. The molecule has 2 saturated heterocycles. The largest absolute Gasteiger partial charge is 0.452 e. The van der Waals surface area contributed by atoms with Crippen molar-refractivity contribution in [2.75, 3.05) is 38.1 Å². The number of nitrogens with zero attached hydrogens (tertiary/aromatic N) is 2. The van der Waals surface area contributed by atoms with Crippen molar-refractivity contribution < 1.29 is 31.2 Å². The first-order valence-corrected chi connectivity index (χ1v) is 15.2. The summed E-state index contributed by atoms with van der Waals surface area (Å²) in [6.45, 7) is 1.17. The highest BCUT2D eigenvalue weighted by Crippen LogP contribution is 2.28. The lowest BCUT2D eigenvalue weighted by Crippen LogP contribution is -2.35.